The topological polar surface area (TPSA) is 117 Å². The second-order valence-corrected chi connectivity index (χ2v) is 6.01. The van der Waals surface area contributed by atoms with Gasteiger partial charge in [0.1, 0.15) is 11.5 Å². The summed E-state index contributed by atoms with van der Waals surface area (Å²) in [5.74, 6) is -0.762. The number of rotatable bonds is 8. The number of non-ortho nitro benzene ring substituents is 1. The molecule has 0 unspecified atom stereocenters. The number of nitrogens with one attached hydrogen (secondary N) is 1. The molecule has 1 amide bonds. The highest BCUT2D eigenvalue weighted by molar-refractivity contribution is 9.10. The van der Waals surface area contributed by atoms with Crippen LogP contribution in [0.1, 0.15) is 0 Å². The van der Waals surface area contributed by atoms with Crippen molar-refractivity contribution in [2.24, 2.45) is 0 Å². The normalized spacial score (nSPS) is 10.0. The Kier molecular flexibility index (Phi) is 7.12. The number of carbonyl (C=O) groups excluding carboxylic acids is 2. The molecule has 0 bridgehead atoms. The second-order valence-electron chi connectivity index (χ2n) is 5.10. The summed E-state index contributed by atoms with van der Waals surface area (Å²) in [7, 11) is 1.31. The average Bonchev–Trinajstić information content (AvgIpc) is 2.65. The van der Waals surface area contributed by atoms with Crippen LogP contribution in [0, 0.1) is 10.1 Å². The zero-order chi connectivity index (χ0) is 19.8. The molecule has 9 nitrogen and oxygen atoms in total. The van der Waals surface area contributed by atoms with Gasteiger partial charge in [-0.05, 0) is 24.3 Å². The van der Waals surface area contributed by atoms with E-state index in [4.69, 9.17) is 14.2 Å². The van der Waals surface area contributed by atoms with Gasteiger partial charge >= 0.3 is 5.97 Å². The van der Waals surface area contributed by atoms with Gasteiger partial charge in [0.15, 0.2) is 13.2 Å². The molecule has 0 spiro atoms. The highest BCUT2D eigenvalue weighted by Gasteiger charge is 2.14. The highest BCUT2D eigenvalue weighted by atomic mass is 79.9. The summed E-state index contributed by atoms with van der Waals surface area (Å²) in [6.07, 6.45) is 0. The fraction of sp³-hybridized carbons (Fsp3) is 0.176. The molecule has 0 fully saturated rings. The number of nitro groups is 1. The van der Waals surface area contributed by atoms with Crippen LogP contribution in [0.3, 0.4) is 0 Å². The van der Waals surface area contributed by atoms with E-state index in [1.807, 2.05) is 6.07 Å². The largest absolute Gasteiger partial charge is 0.494 e. The quantitative estimate of drug-likeness (QED) is 0.382. The maximum absolute atomic E-state index is 11.9. The first-order chi connectivity index (χ1) is 12.9. The van der Waals surface area contributed by atoms with E-state index in [2.05, 4.69) is 21.2 Å². The van der Waals surface area contributed by atoms with E-state index in [0.29, 0.717) is 5.75 Å². The van der Waals surface area contributed by atoms with Crippen molar-refractivity contribution < 1.29 is 28.7 Å². The Labute approximate surface area is 162 Å². The Hall–Kier alpha value is -3.14. The van der Waals surface area contributed by atoms with Crippen LogP contribution in [-0.2, 0) is 14.3 Å². The summed E-state index contributed by atoms with van der Waals surface area (Å²) in [4.78, 5) is 33.7. The van der Waals surface area contributed by atoms with Crippen molar-refractivity contribution >= 4 is 39.2 Å². The Morgan fingerprint density at radius 1 is 1.19 bits per heavy atom. The molecule has 0 aromatic heterocycles. The van der Waals surface area contributed by atoms with E-state index in [-0.39, 0.29) is 23.7 Å². The first kappa shape index (κ1) is 20.2. The molecule has 0 heterocycles. The number of ether oxygens (including phenoxy) is 3. The number of amides is 1. The number of nitrogens with zero attached hydrogens (tertiary/aromatic N) is 1. The van der Waals surface area contributed by atoms with Crippen LogP contribution in [-0.4, -0.2) is 37.1 Å². The molecule has 1 N–H and O–H groups in total. The van der Waals surface area contributed by atoms with E-state index in [9.17, 15) is 19.7 Å². The molecule has 2 aromatic carbocycles. The van der Waals surface area contributed by atoms with E-state index in [0.717, 1.165) is 4.47 Å². The van der Waals surface area contributed by atoms with Crippen LogP contribution in [0.5, 0.6) is 11.5 Å². The molecule has 27 heavy (non-hydrogen) atoms. The van der Waals surface area contributed by atoms with Crippen LogP contribution in [0.15, 0.2) is 46.9 Å². The van der Waals surface area contributed by atoms with Crippen molar-refractivity contribution in [3.63, 3.8) is 0 Å². The van der Waals surface area contributed by atoms with Crippen molar-refractivity contribution in [2.75, 3.05) is 25.6 Å². The van der Waals surface area contributed by atoms with Crippen molar-refractivity contribution in [1.29, 1.82) is 0 Å². The van der Waals surface area contributed by atoms with Gasteiger partial charge in [0.2, 0.25) is 0 Å². The predicted molar refractivity (Wildman–Crippen MR) is 98.9 cm³/mol. The third kappa shape index (κ3) is 6.26. The lowest BCUT2D eigenvalue weighted by atomic mass is 10.2. The van der Waals surface area contributed by atoms with Crippen molar-refractivity contribution in [3.05, 3.63) is 57.1 Å². The number of methoxy groups -OCH3 is 1. The van der Waals surface area contributed by atoms with Crippen molar-refractivity contribution in [2.45, 2.75) is 0 Å². The third-order valence-electron chi connectivity index (χ3n) is 3.19. The molecular weight excluding hydrogens is 424 g/mol. The van der Waals surface area contributed by atoms with E-state index in [1.165, 1.54) is 25.3 Å². The summed E-state index contributed by atoms with van der Waals surface area (Å²) >= 11 is 3.28. The van der Waals surface area contributed by atoms with Crippen LogP contribution in [0.25, 0.3) is 0 Å². The van der Waals surface area contributed by atoms with Crippen molar-refractivity contribution in [3.8, 4) is 11.5 Å². The lowest BCUT2D eigenvalue weighted by Crippen LogP contribution is -2.23. The average molecular weight is 439 g/mol. The van der Waals surface area contributed by atoms with Gasteiger partial charge in [-0.1, -0.05) is 22.0 Å². The Morgan fingerprint density at radius 3 is 2.63 bits per heavy atom. The number of halogens is 1. The summed E-state index contributed by atoms with van der Waals surface area (Å²) in [6.45, 7) is -0.897. The summed E-state index contributed by atoms with van der Waals surface area (Å²) in [6, 6.07) is 10.6. The van der Waals surface area contributed by atoms with E-state index < -0.39 is 23.4 Å². The maximum Gasteiger partial charge on any atom is 0.344 e. The number of benzene rings is 2. The van der Waals surface area contributed by atoms with Crippen LogP contribution >= 0.6 is 15.9 Å². The predicted octanol–water partition coefficient (Wildman–Crippen LogP) is 2.93. The first-order valence-corrected chi connectivity index (χ1v) is 8.34. The van der Waals surface area contributed by atoms with E-state index in [1.54, 1.807) is 18.2 Å². The number of hydrogen-bond acceptors (Lipinski definition) is 7. The Bertz CT molecular complexity index is 857. The van der Waals surface area contributed by atoms with Crippen molar-refractivity contribution in [1.82, 2.24) is 0 Å². The van der Waals surface area contributed by atoms with Gasteiger partial charge in [0.05, 0.1) is 23.8 Å². The van der Waals surface area contributed by atoms with E-state index >= 15 is 0 Å². The molecular formula is C17H15BrN2O7. The molecule has 2 aromatic rings. The number of esters is 1. The van der Waals surface area contributed by atoms with Gasteiger partial charge < -0.3 is 19.5 Å². The Morgan fingerprint density at radius 2 is 1.96 bits per heavy atom. The number of nitro benzene ring substituents is 1. The molecule has 0 aliphatic rings. The lowest BCUT2D eigenvalue weighted by Gasteiger charge is -2.10. The molecule has 0 aliphatic heterocycles. The molecule has 0 radical (unpaired) electrons. The third-order valence-corrected chi connectivity index (χ3v) is 3.68. The zero-order valence-corrected chi connectivity index (χ0v) is 15.7. The Balaban J connectivity index is 1.83. The molecule has 0 atom stereocenters. The standard InChI is InChI=1S/C17H15BrN2O7/c1-25-15-8-12(20(23)24)5-6-14(15)19-16(21)9-27-17(22)10-26-13-4-2-3-11(18)7-13/h2-8H,9-10H2,1H3,(H,19,21). The molecule has 142 valence electrons. The minimum absolute atomic E-state index is 0.113. The second kappa shape index (κ2) is 9.53. The summed E-state index contributed by atoms with van der Waals surface area (Å²) < 4.78 is 15.9. The fourth-order valence-electron chi connectivity index (χ4n) is 1.97. The minimum Gasteiger partial charge on any atom is -0.494 e. The van der Waals surface area contributed by atoms with Gasteiger partial charge in [0.25, 0.3) is 11.6 Å². The monoisotopic (exact) mass is 438 g/mol. The van der Waals surface area contributed by atoms with Gasteiger partial charge in [-0.15, -0.1) is 0 Å². The van der Waals surface area contributed by atoms with Gasteiger partial charge in [-0.2, -0.15) is 0 Å². The van der Waals surface area contributed by atoms with Gasteiger partial charge in [0, 0.05) is 10.5 Å². The molecule has 2 rings (SSSR count). The minimum atomic E-state index is -0.721. The molecule has 0 saturated heterocycles. The summed E-state index contributed by atoms with van der Waals surface area (Å²) in [5, 5.41) is 13.2. The number of carbonyl (C=O) groups is 2. The van der Waals surface area contributed by atoms with Crippen LogP contribution in [0.2, 0.25) is 0 Å². The summed E-state index contributed by atoms with van der Waals surface area (Å²) in [5.41, 5.74) is 0.0375. The van der Waals surface area contributed by atoms with Gasteiger partial charge in [-0.3, -0.25) is 14.9 Å². The van der Waals surface area contributed by atoms with Crippen LogP contribution < -0.4 is 14.8 Å². The van der Waals surface area contributed by atoms with Gasteiger partial charge in [-0.25, -0.2) is 4.79 Å². The highest BCUT2D eigenvalue weighted by Crippen LogP contribution is 2.28. The zero-order valence-electron chi connectivity index (χ0n) is 14.1. The van der Waals surface area contributed by atoms with Crippen LogP contribution in [0.4, 0.5) is 11.4 Å². The molecule has 0 saturated carbocycles. The number of anilines is 1. The molecule has 10 heteroatoms. The lowest BCUT2D eigenvalue weighted by molar-refractivity contribution is -0.384. The number of hydrogen-bond donors (Lipinski definition) is 1. The smallest absolute Gasteiger partial charge is 0.344 e. The maximum atomic E-state index is 11.9. The molecule has 0 aliphatic carbocycles. The fourth-order valence-corrected chi connectivity index (χ4v) is 2.35. The SMILES string of the molecule is COc1cc([N+](=O)[O-])ccc1NC(=O)COC(=O)COc1cccc(Br)c1. The first-order valence-electron chi connectivity index (χ1n) is 7.55.